The van der Waals surface area contributed by atoms with Crippen LogP contribution in [0.15, 0.2) is 16.0 Å². The number of H-pyrrole nitrogens is 1. The Morgan fingerprint density at radius 3 is 3.05 bits per heavy atom. The van der Waals surface area contributed by atoms with Crippen LogP contribution in [0.2, 0.25) is 0 Å². The van der Waals surface area contributed by atoms with Gasteiger partial charge in [-0.05, 0) is 12.3 Å². The summed E-state index contributed by atoms with van der Waals surface area (Å²) < 4.78 is 0. The molecule has 0 fully saturated rings. The highest BCUT2D eigenvalue weighted by atomic mass is 16.3. The minimum Gasteiger partial charge on any atom is -0.379 e. The van der Waals surface area contributed by atoms with Crippen LogP contribution in [0.4, 0.5) is 5.82 Å². The molecule has 7 heteroatoms. The van der Waals surface area contributed by atoms with Crippen LogP contribution in [0.25, 0.3) is 0 Å². The van der Waals surface area contributed by atoms with Crippen LogP contribution in [0, 0.1) is 5.92 Å². The van der Waals surface area contributed by atoms with Gasteiger partial charge in [-0.25, -0.2) is 9.99 Å². The SMILES string of the molecule is CC(C)CCN(CO)N1C=NCc2ncc(=O)[nH]c21. The Morgan fingerprint density at radius 1 is 1.58 bits per heavy atom. The number of nitrogens with one attached hydrogen (secondary N) is 1. The predicted molar refractivity (Wildman–Crippen MR) is 72.8 cm³/mol. The average molecular weight is 265 g/mol. The number of aromatic amines is 1. The lowest BCUT2D eigenvalue weighted by Crippen LogP contribution is -2.46. The van der Waals surface area contributed by atoms with Crippen molar-refractivity contribution < 1.29 is 5.11 Å². The quantitative estimate of drug-likeness (QED) is 0.749. The van der Waals surface area contributed by atoms with E-state index in [2.05, 4.69) is 28.8 Å². The molecule has 7 nitrogen and oxygen atoms in total. The van der Waals surface area contributed by atoms with E-state index in [1.165, 1.54) is 6.20 Å². The third-order valence-electron chi connectivity index (χ3n) is 2.95. The van der Waals surface area contributed by atoms with Gasteiger partial charge in [0.2, 0.25) is 0 Å². The third-order valence-corrected chi connectivity index (χ3v) is 2.95. The van der Waals surface area contributed by atoms with Crippen LogP contribution in [-0.4, -0.2) is 39.7 Å². The van der Waals surface area contributed by atoms with Crippen molar-refractivity contribution in [2.24, 2.45) is 10.9 Å². The summed E-state index contributed by atoms with van der Waals surface area (Å²) in [7, 11) is 0. The summed E-state index contributed by atoms with van der Waals surface area (Å²) in [4.78, 5) is 22.4. The van der Waals surface area contributed by atoms with E-state index in [9.17, 15) is 9.90 Å². The van der Waals surface area contributed by atoms with Gasteiger partial charge in [0.1, 0.15) is 18.8 Å². The Hall–Kier alpha value is -1.73. The molecule has 19 heavy (non-hydrogen) atoms. The van der Waals surface area contributed by atoms with Crippen LogP contribution in [0.3, 0.4) is 0 Å². The van der Waals surface area contributed by atoms with Gasteiger partial charge in [0.25, 0.3) is 5.56 Å². The number of fused-ring (bicyclic) bond motifs is 1. The highest BCUT2D eigenvalue weighted by Crippen LogP contribution is 2.19. The number of hydrogen-bond acceptors (Lipinski definition) is 6. The van der Waals surface area contributed by atoms with Gasteiger partial charge in [0, 0.05) is 6.54 Å². The molecule has 1 aliphatic heterocycles. The van der Waals surface area contributed by atoms with E-state index in [1.54, 1.807) is 16.4 Å². The van der Waals surface area contributed by atoms with Gasteiger partial charge in [-0.15, -0.1) is 0 Å². The highest BCUT2D eigenvalue weighted by Gasteiger charge is 2.21. The lowest BCUT2D eigenvalue weighted by molar-refractivity contribution is 0.106. The van der Waals surface area contributed by atoms with Crippen molar-refractivity contribution in [2.45, 2.75) is 26.8 Å². The van der Waals surface area contributed by atoms with E-state index in [0.717, 1.165) is 6.42 Å². The average Bonchev–Trinajstić information content (AvgIpc) is 2.39. The molecule has 0 saturated heterocycles. The molecule has 2 N–H and O–H groups in total. The zero-order valence-electron chi connectivity index (χ0n) is 11.2. The van der Waals surface area contributed by atoms with Crippen LogP contribution < -0.4 is 10.6 Å². The molecule has 0 aromatic carbocycles. The Kier molecular flexibility index (Phi) is 4.28. The van der Waals surface area contributed by atoms with Crippen LogP contribution in [0.1, 0.15) is 26.0 Å². The Bertz CT molecular complexity index is 511. The zero-order valence-corrected chi connectivity index (χ0v) is 11.2. The first-order valence-corrected chi connectivity index (χ1v) is 6.35. The monoisotopic (exact) mass is 265 g/mol. The maximum absolute atomic E-state index is 11.4. The lowest BCUT2D eigenvalue weighted by Gasteiger charge is -2.33. The molecule has 2 rings (SSSR count). The summed E-state index contributed by atoms with van der Waals surface area (Å²) in [5.41, 5.74) is 0.436. The van der Waals surface area contributed by atoms with Crippen molar-refractivity contribution in [1.29, 1.82) is 0 Å². The number of aliphatic hydroxyl groups excluding tert-OH is 1. The number of aromatic nitrogens is 2. The smallest absolute Gasteiger partial charge is 0.268 e. The van der Waals surface area contributed by atoms with Gasteiger partial charge >= 0.3 is 0 Å². The molecule has 0 amide bonds. The van der Waals surface area contributed by atoms with Gasteiger partial charge in [-0.3, -0.25) is 9.79 Å². The maximum atomic E-state index is 11.4. The van der Waals surface area contributed by atoms with Crippen molar-refractivity contribution in [3.05, 3.63) is 22.2 Å². The topological polar surface area (TPSA) is 84.8 Å². The van der Waals surface area contributed by atoms with Crippen molar-refractivity contribution in [3.63, 3.8) is 0 Å². The van der Waals surface area contributed by atoms with Crippen LogP contribution in [-0.2, 0) is 6.54 Å². The van der Waals surface area contributed by atoms with Crippen molar-refractivity contribution >= 4 is 12.2 Å². The number of anilines is 1. The highest BCUT2D eigenvalue weighted by molar-refractivity contribution is 5.78. The second-order valence-corrected chi connectivity index (χ2v) is 4.90. The van der Waals surface area contributed by atoms with Gasteiger partial charge in [0.05, 0.1) is 12.7 Å². The molecule has 0 bridgehead atoms. The molecule has 0 unspecified atom stereocenters. The number of nitrogens with zero attached hydrogens (tertiary/aromatic N) is 4. The van der Waals surface area contributed by atoms with E-state index >= 15 is 0 Å². The zero-order chi connectivity index (χ0) is 13.8. The molecule has 0 spiro atoms. The van der Waals surface area contributed by atoms with E-state index in [1.807, 2.05) is 0 Å². The first-order valence-electron chi connectivity index (χ1n) is 6.35. The van der Waals surface area contributed by atoms with Crippen molar-refractivity contribution in [1.82, 2.24) is 15.0 Å². The molecule has 0 saturated carbocycles. The fraction of sp³-hybridized carbons (Fsp3) is 0.583. The van der Waals surface area contributed by atoms with Crippen molar-refractivity contribution in [2.75, 3.05) is 18.3 Å². The third kappa shape index (κ3) is 3.18. The van der Waals surface area contributed by atoms with Gasteiger partial charge in [-0.2, -0.15) is 5.01 Å². The van der Waals surface area contributed by atoms with Gasteiger partial charge < -0.3 is 10.1 Å². The minimum atomic E-state index is -0.263. The number of aliphatic imine (C=N–C) groups is 1. The van der Waals surface area contributed by atoms with Crippen LogP contribution in [0.5, 0.6) is 0 Å². The van der Waals surface area contributed by atoms with E-state index < -0.39 is 0 Å². The number of rotatable bonds is 5. The molecule has 104 valence electrons. The first kappa shape index (κ1) is 13.7. The minimum absolute atomic E-state index is 0.144. The summed E-state index contributed by atoms with van der Waals surface area (Å²) in [5, 5.41) is 12.9. The molecule has 1 aromatic rings. The maximum Gasteiger partial charge on any atom is 0.268 e. The molecule has 0 atom stereocenters. The molecular weight excluding hydrogens is 246 g/mol. The molecule has 0 radical (unpaired) electrons. The molecule has 2 heterocycles. The fourth-order valence-corrected chi connectivity index (χ4v) is 1.85. The summed E-state index contributed by atoms with van der Waals surface area (Å²) in [6.07, 6.45) is 3.79. The summed E-state index contributed by atoms with van der Waals surface area (Å²) >= 11 is 0. The van der Waals surface area contributed by atoms with E-state index in [-0.39, 0.29) is 12.3 Å². The lowest BCUT2D eigenvalue weighted by atomic mass is 10.1. The second kappa shape index (κ2) is 5.94. The molecule has 0 aliphatic carbocycles. The summed E-state index contributed by atoms with van der Waals surface area (Å²) in [5.74, 6) is 1.11. The van der Waals surface area contributed by atoms with Crippen molar-refractivity contribution in [3.8, 4) is 0 Å². The van der Waals surface area contributed by atoms with Gasteiger partial charge in [0.15, 0.2) is 5.82 Å². The largest absolute Gasteiger partial charge is 0.379 e. The Morgan fingerprint density at radius 2 is 2.37 bits per heavy atom. The molecule has 1 aliphatic rings. The summed E-state index contributed by atoms with van der Waals surface area (Å²) in [6.45, 7) is 5.21. The van der Waals surface area contributed by atoms with E-state index in [0.29, 0.717) is 30.5 Å². The normalized spacial score (nSPS) is 14.3. The number of hydrazine groups is 1. The first-order chi connectivity index (χ1) is 9.11. The predicted octanol–water partition coefficient (Wildman–Crippen LogP) is 0.331. The number of aliphatic hydroxyl groups is 1. The Balaban J connectivity index is 2.23. The molecular formula is C12H19N5O2. The van der Waals surface area contributed by atoms with Crippen LogP contribution >= 0.6 is 0 Å². The number of hydrogen-bond donors (Lipinski definition) is 2. The van der Waals surface area contributed by atoms with E-state index in [4.69, 9.17) is 0 Å². The fourth-order valence-electron chi connectivity index (χ4n) is 1.85. The Labute approximate surface area is 111 Å². The standard InChI is InChI=1S/C12H19N5O2/c1-9(2)3-4-16(8-18)17-7-13-5-10-12(17)15-11(19)6-14-10/h6-7,9,18H,3-5,8H2,1-2H3,(H,15,19). The van der Waals surface area contributed by atoms with Gasteiger partial charge in [-0.1, -0.05) is 13.8 Å². The second-order valence-electron chi connectivity index (χ2n) is 4.90. The molecule has 1 aromatic heterocycles. The summed E-state index contributed by atoms with van der Waals surface area (Å²) in [6, 6.07) is 0.